The molecule has 8 heteroatoms. The molecule has 0 radical (unpaired) electrons. The van der Waals surface area contributed by atoms with Crippen molar-refractivity contribution in [2.75, 3.05) is 12.4 Å². The number of nitrogens with two attached hydrogens (primary N) is 1. The van der Waals surface area contributed by atoms with Gasteiger partial charge >= 0.3 is 5.97 Å². The highest BCUT2D eigenvalue weighted by Crippen LogP contribution is 2.38. The molecule has 0 bridgehead atoms. The maximum Gasteiger partial charge on any atom is 0.303 e. The molecule has 0 fully saturated rings. The van der Waals surface area contributed by atoms with Gasteiger partial charge in [-0.1, -0.05) is 21.6 Å². The predicted molar refractivity (Wildman–Crippen MR) is 78.7 cm³/mol. The lowest BCUT2D eigenvalue weighted by atomic mass is 10.1. The van der Waals surface area contributed by atoms with Crippen molar-refractivity contribution in [1.29, 1.82) is 0 Å². The second-order valence-electron chi connectivity index (χ2n) is 4.80. The van der Waals surface area contributed by atoms with Crippen LogP contribution in [0.4, 0.5) is 0 Å². The largest absolute Gasteiger partial charge is 0.481 e. The first-order valence-electron chi connectivity index (χ1n) is 5.90. The fraction of sp³-hybridized carbons (Fsp3) is 0.818. The smallest absolute Gasteiger partial charge is 0.303 e. The summed E-state index contributed by atoms with van der Waals surface area (Å²) < 4.78 is -0.104. The molecule has 0 saturated heterocycles. The summed E-state index contributed by atoms with van der Waals surface area (Å²) in [4.78, 5) is 26.0. The highest BCUT2D eigenvalue weighted by atomic mass is 33.1. The first-order chi connectivity index (χ1) is 8.76. The number of carboxylic acid groups (broad SMARTS) is 1. The van der Waals surface area contributed by atoms with Gasteiger partial charge in [0.15, 0.2) is 0 Å². The number of carbonyl (C=O) groups is 2. The van der Waals surface area contributed by atoms with Crippen LogP contribution < -0.4 is 11.2 Å². The zero-order valence-electron chi connectivity index (χ0n) is 11.5. The van der Waals surface area contributed by atoms with Crippen LogP contribution in [0, 0.1) is 0 Å². The molecule has 19 heavy (non-hydrogen) atoms. The maximum absolute atomic E-state index is 11.2. The van der Waals surface area contributed by atoms with E-state index >= 15 is 0 Å². The first-order valence-corrected chi connectivity index (χ1v) is 8.22. The van der Waals surface area contributed by atoms with Crippen molar-refractivity contribution in [2.45, 2.75) is 44.4 Å². The van der Waals surface area contributed by atoms with E-state index in [0.717, 1.165) is 5.75 Å². The summed E-state index contributed by atoms with van der Waals surface area (Å²) in [6, 6.07) is 0.00965. The second kappa shape index (κ2) is 9.46. The third-order valence-corrected chi connectivity index (χ3v) is 5.69. The van der Waals surface area contributed by atoms with Crippen LogP contribution in [0.5, 0.6) is 0 Å². The molecule has 0 aromatic heterocycles. The molecule has 4 N–H and O–H groups in total. The van der Waals surface area contributed by atoms with Crippen molar-refractivity contribution in [3.8, 4) is 0 Å². The molecule has 0 aromatic carbocycles. The van der Waals surface area contributed by atoms with Gasteiger partial charge in [0, 0.05) is 23.0 Å². The van der Waals surface area contributed by atoms with Gasteiger partial charge in [0.25, 0.3) is 0 Å². The normalized spacial score (nSPS) is 13.1. The minimum atomic E-state index is -0.777. The van der Waals surface area contributed by atoms with Crippen molar-refractivity contribution in [3.05, 3.63) is 0 Å². The zero-order valence-corrected chi connectivity index (χ0v) is 13.1. The van der Waals surface area contributed by atoms with E-state index in [9.17, 15) is 9.59 Å². The molecule has 0 rings (SSSR count). The molecule has 0 heterocycles. The van der Waals surface area contributed by atoms with E-state index in [0.29, 0.717) is 6.42 Å². The van der Waals surface area contributed by atoms with Crippen molar-refractivity contribution < 1.29 is 19.5 Å². The third kappa shape index (κ3) is 11.1. The number of hydrogen-bond acceptors (Lipinski definition) is 6. The van der Waals surface area contributed by atoms with Crippen LogP contribution in [0.2, 0.25) is 0 Å². The monoisotopic (exact) mass is 310 g/mol. The highest BCUT2D eigenvalue weighted by molar-refractivity contribution is 8.77. The molecule has 1 unspecified atom stereocenters. The van der Waals surface area contributed by atoms with Crippen LogP contribution in [-0.4, -0.2) is 40.1 Å². The van der Waals surface area contributed by atoms with Crippen LogP contribution >= 0.6 is 21.6 Å². The third-order valence-electron chi connectivity index (χ3n) is 2.17. The van der Waals surface area contributed by atoms with Gasteiger partial charge in [0.1, 0.15) is 6.61 Å². The molecule has 0 aromatic rings. The standard InChI is InChI=1S/C11H22N2O4S2/c1-8(13-9(14)6-17-12)7-18-19-11(2,3)5-4-10(15)16/h8H,4-7,12H2,1-3H3,(H,13,14)(H,15,16). The van der Waals surface area contributed by atoms with Crippen LogP contribution in [0.15, 0.2) is 0 Å². The lowest BCUT2D eigenvalue weighted by Gasteiger charge is -2.23. The van der Waals surface area contributed by atoms with Crippen molar-refractivity contribution in [3.63, 3.8) is 0 Å². The molecule has 0 aliphatic heterocycles. The summed E-state index contributed by atoms with van der Waals surface area (Å²) >= 11 is 0. The average Bonchev–Trinajstić information content (AvgIpc) is 2.26. The maximum atomic E-state index is 11.2. The van der Waals surface area contributed by atoms with E-state index < -0.39 is 5.97 Å². The molecule has 0 spiro atoms. The Morgan fingerprint density at radius 1 is 1.47 bits per heavy atom. The number of nitrogens with one attached hydrogen (secondary N) is 1. The van der Waals surface area contributed by atoms with Gasteiger partial charge in [-0.3, -0.25) is 14.4 Å². The summed E-state index contributed by atoms with van der Waals surface area (Å²) in [5.74, 6) is 4.51. The average molecular weight is 310 g/mol. The topological polar surface area (TPSA) is 102 Å². The summed E-state index contributed by atoms with van der Waals surface area (Å²) in [6.45, 7) is 5.77. The van der Waals surface area contributed by atoms with Gasteiger partial charge in [0.2, 0.25) is 5.91 Å². The molecular weight excluding hydrogens is 288 g/mol. The predicted octanol–water partition coefficient (Wildman–Crippen LogP) is 1.41. The molecule has 1 amide bonds. The fourth-order valence-electron chi connectivity index (χ4n) is 1.18. The zero-order chi connectivity index (χ0) is 14.9. The number of rotatable bonds is 10. The van der Waals surface area contributed by atoms with Gasteiger partial charge in [-0.25, -0.2) is 5.90 Å². The van der Waals surface area contributed by atoms with Crippen molar-refractivity contribution >= 4 is 33.5 Å². The Morgan fingerprint density at radius 2 is 2.11 bits per heavy atom. The SMILES string of the molecule is CC(CSSC(C)(C)CCC(=O)O)NC(=O)CON. The highest BCUT2D eigenvalue weighted by Gasteiger charge is 2.20. The van der Waals surface area contributed by atoms with E-state index in [1.54, 1.807) is 21.6 Å². The molecule has 0 saturated carbocycles. The fourth-order valence-corrected chi connectivity index (χ4v) is 4.06. The molecular formula is C11H22N2O4S2. The van der Waals surface area contributed by atoms with Crippen molar-refractivity contribution in [2.24, 2.45) is 5.90 Å². The summed E-state index contributed by atoms with van der Waals surface area (Å²) in [6.07, 6.45) is 0.780. The number of aliphatic carboxylic acids is 1. The van der Waals surface area contributed by atoms with Crippen LogP contribution in [0.25, 0.3) is 0 Å². The van der Waals surface area contributed by atoms with Gasteiger partial charge < -0.3 is 10.4 Å². The molecule has 0 aliphatic rings. The van der Waals surface area contributed by atoms with E-state index in [2.05, 4.69) is 10.2 Å². The Kier molecular flexibility index (Phi) is 9.24. The van der Waals surface area contributed by atoms with Gasteiger partial charge in [-0.2, -0.15) is 0 Å². The summed E-state index contributed by atoms with van der Waals surface area (Å²) in [5.41, 5.74) is 0. The molecule has 1 atom stereocenters. The molecule has 0 aliphatic carbocycles. The molecule has 6 nitrogen and oxygen atoms in total. The van der Waals surface area contributed by atoms with E-state index in [1.807, 2.05) is 20.8 Å². The Bertz CT molecular complexity index is 300. The van der Waals surface area contributed by atoms with E-state index in [-0.39, 0.29) is 29.7 Å². The minimum absolute atomic E-state index is 0.00965. The van der Waals surface area contributed by atoms with Crippen LogP contribution in [0.1, 0.15) is 33.6 Å². The summed E-state index contributed by atoms with van der Waals surface area (Å²) in [7, 11) is 3.25. The summed E-state index contributed by atoms with van der Waals surface area (Å²) in [5, 5.41) is 11.4. The number of amides is 1. The Hall–Kier alpha value is -0.440. The van der Waals surface area contributed by atoms with Crippen LogP contribution in [-0.2, 0) is 14.4 Å². The molecule has 112 valence electrons. The Balaban J connectivity index is 3.81. The number of hydrogen-bond donors (Lipinski definition) is 3. The first kappa shape index (κ1) is 18.6. The van der Waals surface area contributed by atoms with E-state index in [4.69, 9.17) is 11.0 Å². The van der Waals surface area contributed by atoms with Crippen molar-refractivity contribution in [1.82, 2.24) is 5.32 Å². The lowest BCUT2D eigenvalue weighted by Crippen LogP contribution is -2.37. The van der Waals surface area contributed by atoms with Gasteiger partial charge in [-0.05, 0) is 27.2 Å². The van der Waals surface area contributed by atoms with Crippen LogP contribution in [0.3, 0.4) is 0 Å². The Morgan fingerprint density at radius 3 is 2.63 bits per heavy atom. The number of carboxylic acids is 1. The quantitative estimate of drug-likeness (QED) is 0.414. The van der Waals surface area contributed by atoms with Gasteiger partial charge in [0.05, 0.1) is 0 Å². The number of carbonyl (C=O) groups excluding carboxylic acids is 1. The van der Waals surface area contributed by atoms with E-state index in [1.165, 1.54) is 0 Å². The Labute approximate surface area is 121 Å². The second-order valence-corrected chi connectivity index (χ2v) is 7.85. The lowest BCUT2D eigenvalue weighted by molar-refractivity contribution is -0.137. The minimum Gasteiger partial charge on any atom is -0.481 e. The van der Waals surface area contributed by atoms with Gasteiger partial charge in [-0.15, -0.1) is 0 Å².